The molecular formula is C16H20N2O4S. The van der Waals surface area contributed by atoms with Crippen LogP contribution in [0.15, 0.2) is 46.1 Å². The number of sulfonamides is 1. The first-order valence-corrected chi connectivity index (χ1v) is 8.55. The summed E-state index contributed by atoms with van der Waals surface area (Å²) in [5.74, 6) is -0.385. The second-order valence-electron chi connectivity index (χ2n) is 5.49. The van der Waals surface area contributed by atoms with E-state index in [2.05, 4.69) is 5.32 Å². The molecular weight excluding hydrogens is 316 g/mol. The van der Waals surface area contributed by atoms with E-state index in [1.807, 2.05) is 38.1 Å². The second-order valence-corrected chi connectivity index (χ2v) is 7.58. The van der Waals surface area contributed by atoms with Crippen molar-refractivity contribution >= 4 is 15.9 Å². The van der Waals surface area contributed by atoms with Crippen molar-refractivity contribution in [2.75, 3.05) is 14.1 Å². The Kier molecular flexibility index (Phi) is 4.91. The molecule has 0 spiro atoms. The molecule has 0 bridgehead atoms. The summed E-state index contributed by atoms with van der Waals surface area (Å²) >= 11 is 0. The van der Waals surface area contributed by atoms with Gasteiger partial charge in [-0.25, -0.2) is 12.7 Å². The zero-order valence-corrected chi connectivity index (χ0v) is 14.3. The number of rotatable bonds is 5. The Morgan fingerprint density at radius 2 is 1.91 bits per heavy atom. The number of benzene rings is 1. The van der Waals surface area contributed by atoms with Crippen LogP contribution in [0.5, 0.6) is 0 Å². The summed E-state index contributed by atoms with van der Waals surface area (Å²) < 4.78 is 30.0. The number of nitrogens with zero attached hydrogens (tertiary/aromatic N) is 1. The van der Waals surface area contributed by atoms with Crippen molar-refractivity contribution < 1.29 is 17.6 Å². The van der Waals surface area contributed by atoms with Crippen molar-refractivity contribution in [3.8, 4) is 0 Å². The van der Waals surface area contributed by atoms with Gasteiger partial charge >= 0.3 is 0 Å². The summed E-state index contributed by atoms with van der Waals surface area (Å²) in [5, 5.41) is 2.59. The fourth-order valence-electron chi connectivity index (χ4n) is 2.18. The Morgan fingerprint density at radius 1 is 1.26 bits per heavy atom. The van der Waals surface area contributed by atoms with Crippen molar-refractivity contribution in [2.45, 2.75) is 25.0 Å². The number of hydrogen-bond donors (Lipinski definition) is 1. The smallest absolute Gasteiger partial charge is 0.275 e. The first-order valence-electron chi connectivity index (χ1n) is 7.11. The van der Waals surface area contributed by atoms with Gasteiger partial charge in [-0.3, -0.25) is 4.79 Å². The largest absolute Gasteiger partial charge is 0.451 e. The van der Waals surface area contributed by atoms with Crippen LogP contribution >= 0.6 is 0 Å². The molecule has 2 aromatic rings. The van der Waals surface area contributed by atoms with E-state index >= 15 is 0 Å². The molecule has 7 heteroatoms. The highest BCUT2D eigenvalue weighted by atomic mass is 32.2. The minimum Gasteiger partial charge on any atom is -0.451 e. The number of amides is 1. The average molecular weight is 336 g/mol. The molecule has 6 nitrogen and oxygen atoms in total. The van der Waals surface area contributed by atoms with Gasteiger partial charge < -0.3 is 9.73 Å². The molecule has 0 fully saturated rings. The van der Waals surface area contributed by atoms with Gasteiger partial charge in [-0.05, 0) is 25.0 Å². The standard InChI is InChI=1S/C16H20N2O4S/c1-11-7-5-6-8-14(11)12(2)17-16(19)13-9-15(22-10-13)23(20,21)18(3)4/h5-10,12H,1-4H3,(H,17,19). The summed E-state index contributed by atoms with van der Waals surface area (Å²) in [6.45, 7) is 3.84. The minimum absolute atomic E-state index is 0.172. The molecule has 1 heterocycles. The Hall–Kier alpha value is -2.12. The number of aryl methyl sites for hydroxylation is 1. The third-order valence-electron chi connectivity index (χ3n) is 3.58. The van der Waals surface area contributed by atoms with Crippen molar-refractivity contribution in [2.24, 2.45) is 0 Å². The van der Waals surface area contributed by atoms with Crippen LogP contribution < -0.4 is 5.32 Å². The number of hydrogen-bond acceptors (Lipinski definition) is 4. The predicted octanol–water partition coefficient (Wildman–Crippen LogP) is 2.33. The van der Waals surface area contributed by atoms with Crippen molar-refractivity contribution in [3.05, 3.63) is 53.3 Å². The van der Waals surface area contributed by atoms with Gasteiger partial charge in [0, 0.05) is 20.2 Å². The molecule has 0 saturated carbocycles. The topological polar surface area (TPSA) is 79.6 Å². The number of carbonyl (C=O) groups excluding carboxylic acids is 1. The van der Waals surface area contributed by atoms with Crippen molar-refractivity contribution in [3.63, 3.8) is 0 Å². The maximum absolute atomic E-state index is 12.3. The molecule has 1 aromatic heterocycles. The lowest BCUT2D eigenvalue weighted by Gasteiger charge is -2.15. The zero-order valence-electron chi connectivity index (χ0n) is 13.5. The molecule has 0 aliphatic heterocycles. The first kappa shape index (κ1) is 17.2. The third kappa shape index (κ3) is 3.62. The quantitative estimate of drug-likeness (QED) is 0.909. The van der Waals surface area contributed by atoms with Gasteiger partial charge in [0.2, 0.25) is 5.09 Å². The van der Waals surface area contributed by atoms with Gasteiger partial charge in [-0.2, -0.15) is 0 Å². The Labute approximate surface area is 136 Å². The molecule has 1 aromatic carbocycles. The fraction of sp³-hybridized carbons (Fsp3) is 0.312. The fourth-order valence-corrected chi connectivity index (χ4v) is 2.99. The summed E-state index contributed by atoms with van der Waals surface area (Å²) in [6, 6.07) is 8.78. The van der Waals surface area contributed by atoms with Gasteiger partial charge in [0.05, 0.1) is 11.6 Å². The van der Waals surface area contributed by atoms with E-state index in [4.69, 9.17) is 4.42 Å². The summed E-state index contributed by atoms with van der Waals surface area (Å²) in [5.41, 5.74) is 2.25. The lowest BCUT2D eigenvalue weighted by atomic mass is 10.0. The SMILES string of the molecule is Cc1ccccc1C(C)NC(=O)c1coc(S(=O)(=O)N(C)C)c1. The van der Waals surface area contributed by atoms with E-state index in [1.54, 1.807) is 0 Å². The molecule has 0 radical (unpaired) electrons. The van der Waals surface area contributed by atoms with Gasteiger partial charge in [0.25, 0.3) is 15.9 Å². The Bertz CT molecular complexity index is 809. The van der Waals surface area contributed by atoms with E-state index < -0.39 is 10.0 Å². The molecule has 0 saturated heterocycles. The van der Waals surface area contributed by atoms with E-state index in [0.29, 0.717) is 0 Å². The summed E-state index contributed by atoms with van der Waals surface area (Å²) in [6.07, 6.45) is 1.15. The van der Waals surface area contributed by atoms with Gasteiger partial charge in [-0.1, -0.05) is 24.3 Å². The molecule has 124 valence electrons. The van der Waals surface area contributed by atoms with Crippen LogP contribution in [-0.2, 0) is 10.0 Å². The number of nitrogens with one attached hydrogen (secondary N) is 1. The van der Waals surface area contributed by atoms with E-state index in [1.165, 1.54) is 20.2 Å². The van der Waals surface area contributed by atoms with Crippen LogP contribution in [-0.4, -0.2) is 32.7 Å². The highest BCUT2D eigenvalue weighted by molar-refractivity contribution is 7.88. The minimum atomic E-state index is -3.69. The molecule has 23 heavy (non-hydrogen) atoms. The van der Waals surface area contributed by atoms with Gasteiger partial charge in [0.15, 0.2) is 0 Å². The lowest BCUT2D eigenvalue weighted by molar-refractivity contribution is 0.0939. The first-order chi connectivity index (χ1) is 10.7. The summed E-state index contributed by atoms with van der Waals surface area (Å²) in [4.78, 5) is 12.3. The molecule has 1 N–H and O–H groups in total. The Morgan fingerprint density at radius 3 is 2.52 bits per heavy atom. The average Bonchev–Trinajstić information content (AvgIpc) is 2.98. The van der Waals surface area contributed by atoms with Crippen molar-refractivity contribution in [1.29, 1.82) is 0 Å². The molecule has 1 unspecified atom stereocenters. The monoisotopic (exact) mass is 336 g/mol. The van der Waals surface area contributed by atoms with Crippen LogP contribution in [0.1, 0.15) is 34.5 Å². The van der Waals surface area contributed by atoms with E-state index in [0.717, 1.165) is 21.7 Å². The predicted molar refractivity (Wildman–Crippen MR) is 86.6 cm³/mol. The summed E-state index contributed by atoms with van der Waals surface area (Å²) in [7, 11) is -0.889. The third-order valence-corrected chi connectivity index (χ3v) is 5.26. The molecule has 1 atom stereocenters. The molecule has 0 aliphatic rings. The maximum atomic E-state index is 12.3. The van der Waals surface area contributed by atoms with Crippen molar-refractivity contribution in [1.82, 2.24) is 9.62 Å². The van der Waals surface area contributed by atoms with Crippen LogP contribution in [0.2, 0.25) is 0 Å². The molecule has 2 rings (SSSR count). The van der Waals surface area contributed by atoms with E-state index in [-0.39, 0.29) is 22.6 Å². The number of carbonyl (C=O) groups is 1. The highest BCUT2D eigenvalue weighted by Crippen LogP contribution is 2.20. The van der Waals surface area contributed by atoms with Crippen LogP contribution in [0.4, 0.5) is 0 Å². The van der Waals surface area contributed by atoms with Crippen LogP contribution in [0.3, 0.4) is 0 Å². The highest BCUT2D eigenvalue weighted by Gasteiger charge is 2.24. The zero-order chi connectivity index (χ0) is 17.2. The van der Waals surface area contributed by atoms with Gasteiger partial charge in [-0.15, -0.1) is 0 Å². The maximum Gasteiger partial charge on any atom is 0.275 e. The normalized spacial score (nSPS) is 13.1. The molecule has 1 amide bonds. The second kappa shape index (κ2) is 6.55. The number of furan rings is 1. The lowest BCUT2D eigenvalue weighted by Crippen LogP contribution is -2.26. The van der Waals surface area contributed by atoms with Crippen LogP contribution in [0, 0.1) is 6.92 Å². The Balaban J connectivity index is 2.16. The molecule has 0 aliphatic carbocycles. The van der Waals surface area contributed by atoms with Crippen LogP contribution in [0.25, 0.3) is 0 Å². The van der Waals surface area contributed by atoms with E-state index in [9.17, 15) is 13.2 Å². The van der Waals surface area contributed by atoms with Gasteiger partial charge in [0.1, 0.15) is 6.26 Å².